The van der Waals surface area contributed by atoms with Gasteiger partial charge in [-0.15, -0.1) is 0 Å². The Morgan fingerprint density at radius 3 is 2.70 bits per heavy atom. The first kappa shape index (κ1) is 15.9. The van der Waals surface area contributed by atoms with Crippen LogP contribution in [0.15, 0.2) is 72.9 Å². The first-order chi connectivity index (χ1) is 13.3. The van der Waals surface area contributed by atoms with Crippen LogP contribution in [-0.2, 0) is 6.42 Å². The van der Waals surface area contributed by atoms with Crippen LogP contribution in [-0.4, -0.2) is 12.7 Å². The van der Waals surface area contributed by atoms with Gasteiger partial charge >= 0.3 is 0 Å². The second kappa shape index (κ2) is 6.47. The van der Waals surface area contributed by atoms with Gasteiger partial charge in [-0.25, -0.2) is 0 Å². The van der Waals surface area contributed by atoms with E-state index in [-0.39, 0.29) is 6.17 Å². The van der Waals surface area contributed by atoms with Crippen molar-refractivity contribution in [3.63, 3.8) is 0 Å². The van der Waals surface area contributed by atoms with Gasteiger partial charge in [-0.3, -0.25) is 0 Å². The van der Waals surface area contributed by atoms with Gasteiger partial charge in [0.25, 0.3) is 0 Å². The molecule has 0 radical (unpaired) electrons. The van der Waals surface area contributed by atoms with Crippen molar-refractivity contribution in [1.82, 2.24) is 0 Å². The molecule has 2 aliphatic rings. The summed E-state index contributed by atoms with van der Waals surface area (Å²) < 4.78 is 0.960. The van der Waals surface area contributed by atoms with Gasteiger partial charge in [-0.05, 0) is 48.2 Å². The predicted molar refractivity (Wildman–Crippen MR) is 109 cm³/mol. The Morgan fingerprint density at radius 1 is 0.963 bits per heavy atom. The van der Waals surface area contributed by atoms with Crippen molar-refractivity contribution in [3.05, 3.63) is 95.0 Å². The van der Waals surface area contributed by atoms with Crippen LogP contribution in [0.3, 0.4) is 0 Å². The second-order valence-electron chi connectivity index (χ2n) is 7.12. The minimum Gasteiger partial charge on any atom is -0.618 e. The summed E-state index contributed by atoms with van der Waals surface area (Å²) in [7, 11) is 0. The van der Waals surface area contributed by atoms with Crippen molar-refractivity contribution in [2.24, 2.45) is 0 Å². The first-order valence-corrected chi connectivity index (χ1v) is 9.39. The molecule has 0 saturated carbocycles. The van der Waals surface area contributed by atoms with E-state index >= 15 is 0 Å². The van der Waals surface area contributed by atoms with Crippen LogP contribution in [0.5, 0.6) is 0 Å². The average Bonchev–Trinajstić information content (AvgIpc) is 2.73. The molecule has 0 saturated heterocycles. The number of nitrogens with one attached hydrogen (secondary N) is 1. The van der Waals surface area contributed by atoms with Gasteiger partial charge in [-0.2, -0.15) is 4.73 Å². The summed E-state index contributed by atoms with van der Waals surface area (Å²) in [6.07, 6.45) is 6.00. The summed E-state index contributed by atoms with van der Waals surface area (Å²) in [5, 5.41) is 16.0. The Balaban J connectivity index is 1.54. The second-order valence-corrected chi connectivity index (χ2v) is 7.12. The molecule has 5 rings (SSSR count). The third-order valence-electron chi connectivity index (χ3n) is 5.47. The molecule has 2 aliphatic heterocycles. The quantitative estimate of drug-likeness (QED) is 0.557. The third kappa shape index (κ3) is 2.83. The number of para-hydroxylation sites is 2. The lowest BCUT2D eigenvalue weighted by Crippen LogP contribution is -2.46. The molecular formula is C23H21N3O. The topological polar surface area (TPSA) is 42.2 Å². The number of hydrogen-bond donors (Lipinski definition) is 1. The third-order valence-corrected chi connectivity index (χ3v) is 5.47. The maximum atomic E-state index is 12.3. The number of anilines is 2. The molecule has 4 nitrogen and oxygen atoms in total. The molecule has 0 bridgehead atoms. The fourth-order valence-corrected chi connectivity index (χ4v) is 4.14. The molecule has 134 valence electrons. The number of pyridine rings is 1. The van der Waals surface area contributed by atoms with Gasteiger partial charge in [-0.1, -0.05) is 36.4 Å². The van der Waals surface area contributed by atoms with Crippen molar-refractivity contribution >= 4 is 23.0 Å². The Labute approximate surface area is 159 Å². The Morgan fingerprint density at radius 2 is 1.78 bits per heavy atom. The number of benzene rings is 2. The maximum Gasteiger partial charge on any atom is 0.221 e. The van der Waals surface area contributed by atoms with E-state index in [0.29, 0.717) is 12.2 Å². The Hall–Kier alpha value is -3.27. The average molecular weight is 355 g/mol. The van der Waals surface area contributed by atoms with Crippen molar-refractivity contribution < 1.29 is 4.73 Å². The largest absolute Gasteiger partial charge is 0.618 e. The van der Waals surface area contributed by atoms with E-state index in [4.69, 9.17) is 0 Å². The van der Waals surface area contributed by atoms with Crippen LogP contribution in [0.4, 0.5) is 11.4 Å². The fourth-order valence-electron chi connectivity index (χ4n) is 4.14. The SMILES string of the molecule is [O-][n+]1ccccc1C1=Cc2ccccc2N(C2CCc3ccccc3N2)C1. The van der Waals surface area contributed by atoms with Gasteiger partial charge in [0, 0.05) is 29.1 Å². The zero-order valence-corrected chi connectivity index (χ0v) is 15.0. The van der Waals surface area contributed by atoms with Gasteiger partial charge in [0.1, 0.15) is 0 Å². The Bertz CT molecular complexity index is 1030. The number of aryl methyl sites for hydroxylation is 1. The van der Waals surface area contributed by atoms with E-state index in [0.717, 1.165) is 28.7 Å². The normalized spacial score (nSPS) is 18.1. The molecule has 1 aromatic heterocycles. The summed E-state index contributed by atoms with van der Waals surface area (Å²) in [4.78, 5) is 2.40. The molecule has 3 aromatic rings. The van der Waals surface area contributed by atoms with Gasteiger partial charge < -0.3 is 15.4 Å². The molecule has 0 spiro atoms. The van der Waals surface area contributed by atoms with Gasteiger partial charge in [0.15, 0.2) is 6.20 Å². The van der Waals surface area contributed by atoms with Gasteiger partial charge in [0.2, 0.25) is 5.69 Å². The lowest BCUT2D eigenvalue weighted by molar-refractivity contribution is -0.608. The lowest BCUT2D eigenvalue weighted by atomic mass is 9.96. The number of hydrogen-bond acceptors (Lipinski definition) is 3. The summed E-state index contributed by atoms with van der Waals surface area (Å²) in [6, 6.07) is 22.5. The van der Waals surface area contributed by atoms with E-state index < -0.39 is 0 Å². The van der Waals surface area contributed by atoms with E-state index in [1.54, 1.807) is 12.3 Å². The maximum absolute atomic E-state index is 12.3. The smallest absolute Gasteiger partial charge is 0.221 e. The number of fused-ring (bicyclic) bond motifs is 2. The van der Waals surface area contributed by atoms with Crippen LogP contribution in [0.2, 0.25) is 0 Å². The Kier molecular flexibility index (Phi) is 3.82. The standard InChI is InChI=1S/C23H21N3O/c27-26-14-6-5-11-22(26)19-15-18-8-2-4-10-21(18)25(16-19)23-13-12-17-7-1-3-9-20(17)24-23/h1-11,14-15,23-24H,12-13,16H2. The predicted octanol–water partition coefficient (Wildman–Crippen LogP) is 4.07. The molecular weight excluding hydrogens is 334 g/mol. The van der Waals surface area contributed by atoms with E-state index in [2.05, 4.69) is 64.8 Å². The molecule has 0 amide bonds. The highest BCUT2D eigenvalue weighted by Crippen LogP contribution is 2.36. The van der Waals surface area contributed by atoms with Crippen LogP contribution in [0.1, 0.15) is 23.2 Å². The highest BCUT2D eigenvalue weighted by atomic mass is 16.5. The molecule has 0 fully saturated rings. The molecule has 27 heavy (non-hydrogen) atoms. The molecule has 4 heteroatoms. The number of rotatable bonds is 2. The monoisotopic (exact) mass is 355 g/mol. The highest BCUT2D eigenvalue weighted by Gasteiger charge is 2.29. The van der Waals surface area contributed by atoms with Crippen molar-refractivity contribution in [3.8, 4) is 0 Å². The van der Waals surface area contributed by atoms with Crippen molar-refractivity contribution in [1.29, 1.82) is 0 Å². The van der Waals surface area contributed by atoms with Crippen LogP contribution in [0, 0.1) is 5.21 Å². The number of aromatic nitrogens is 1. The molecule has 0 aliphatic carbocycles. The van der Waals surface area contributed by atoms with Crippen LogP contribution < -0.4 is 14.9 Å². The van der Waals surface area contributed by atoms with Crippen LogP contribution >= 0.6 is 0 Å². The minimum absolute atomic E-state index is 0.202. The summed E-state index contributed by atoms with van der Waals surface area (Å²) in [5.74, 6) is 0. The highest BCUT2D eigenvalue weighted by molar-refractivity contribution is 5.90. The zero-order chi connectivity index (χ0) is 18.2. The molecule has 1 N–H and O–H groups in total. The summed E-state index contributed by atoms with van der Waals surface area (Å²) in [6.45, 7) is 0.711. The van der Waals surface area contributed by atoms with Crippen molar-refractivity contribution in [2.45, 2.75) is 19.0 Å². The first-order valence-electron chi connectivity index (χ1n) is 9.39. The lowest BCUT2D eigenvalue weighted by Gasteiger charge is -2.40. The minimum atomic E-state index is 0.202. The van der Waals surface area contributed by atoms with Crippen LogP contribution in [0.25, 0.3) is 11.6 Å². The molecule has 1 atom stereocenters. The molecule has 1 unspecified atom stereocenters. The van der Waals surface area contributed by atoms with Crippen molar-refractivity contribution in [2.75, 3.05) is 16.8 Å². The molecule has 3 heterocycles. The number of nitrogens with zero attached hydrogens (tertiary/aromatic N) is 2. The zero-order valence-electron chi connectivity index (χ0n) is 15.0. The van der Waals surface area contributed by atoms with E-state index in [9.17, 15) is 5.21 Å². The summed E-state index contributed by atoms with van der Waals surface area (Å²) in [5.41, 5.74) is 6.71. The fraction of sp³-hybridized carbons (Fsp3) is 0.174. The summed E-state index contributed by atoms with van der Waals surface area (Å²) >= 11 is 0. The van der Waals surface area contributed by atoms with E-state index in [1.807, 2.05) is 12.1 Å². The van der Waals surface area contributed by atoms with Gasteiger partial charge in [0.05, 0.1) is 12.7 Å². The van der Waals surface area contributed by atoms with E-state index in [1.165, 1.54) is 16.9 Å². The molecule has 2 aromatic carbocycles.